The van der Waals surface area contributed by atoms with Gasteiger partial charge in [-0.25, -0.2) is 8.78 Å². The first kappa shape index (κ1) is 12.1. The lowest BCUT2D eigenvalue weighted by atomic mass is 10.2. The van der Waals surface area contributed by atoms with Crippen LogP contribution in [-0.4, -0.2) is 30.1 Å². The van der Waals surface area contributed by atoms with Gasteiger partial charge < -0.3 is 10.4 Å². The zero-order valence-electron chi connectivity index (χ0n) is 7.82. The molecule has 1 atom stereocenters. The highest BCUT2D eigenvalue weighted by atomic mass is 32.1. The van der Waals surface area contributed by atoms with Crippen molar-refractivity contribution >= 4 is 17.2 Å². The molecule has 0 spiro atoms. The zero-order valence-corrected chi connectivity index (χ0v) is 8.64. The van der Waals surface area contributed by atoms with Crippen molar-refractivity contribution in [3.63, 3.8) is 0 Å². The van der Waals surface area contributed by atoms with Crippen LogP contribution >= 0.6 is 11.3 Å². The first-order valence-electron chi connectivity index (χ1n) is 4.33. The van der Waals surface area contributed by atoms with Crippen molar-refractivity contribution in [3.8, 4) is 0 Å². The molecule has 1 aromatic rings. The van der Waals surface area contributed by atoms with E-state index in [9.17, 15) is 13.6 Å². The van der Waals surface area contributed by atoms with Gasteiger partial charge in [-0.3, -0.25) is 4.79 Å². The molecule has 0 aromatic carbocycles. The average molecular weight is 235 g/mol. The molecule has 0 radical (unpaired) electrons. The summed E-state index contributed by atoms with van der Waals surface area (Å²) in [5.41, 5.74) is 0.837. The molecule has 2 N–H and O–H groups in total. The third-order valence-corrected chi connectivity index (χ3v) is 2.48. The van der Waals surface area contributed by atoms with Crippen LogP contribution in [0.25, 0.3) is 0 Å². The normalized spacial score (nSPS) is 12.8. The molecule has 1 rings (SSSR count). The van der Waals surface area contributed by atoms with Crippen LogP contribution in [0.15, 0.2) is 16.8 Å². The van der Waals surface area contributed by atoms with E-state index in [0.29, 0.717) is 0 Å². The summed E-state index contributed by atoms with van der Waals surface area (Å²) in [5, 5.41) is 14.6. The second-order valence-electron chi connectivity index (χ2n) is 3.01. The molecule has 0 bridgehead atoms. The largest absolute Gasteiger partial charge is 0.385 e. The molecule has 0 saturated carbocycles. The maximum absolute atomic E-state index is 11.9. The van der Waals surface area contributed by atoms with Crippen molar-refractivity contribution in [2.24, 2.45) is 0 Å². The Kier molecular flexibility index (Phi) is 4.64. The fraction of sp³-hybridized carbons (Fsp3) is 0.444. The SMILES string of the molecule is O=C(Cc1ccsc1)NCC(O)C(F)F. The van der Waals surface area contributed by atoms with Crippen molar-refractivity contribution in [2.75, 3.05) is 6.54 Å². The number of nitrogens with one attached hydrogen (secondary N) is 1. The third kappa shape index (κ3) is 4.35. The topological polar surface area (TPSA) is 49.3 Å². The second kappa shape index (κ2) is 5.77. The van der Waals surface area contributed by atoms with Crippen LogP contribution in [0.5, 0.6) is 0 Å². The monoisotopic (exact) mass is 235 g/mol. The summed E-state index contributed by atoms with van der Waals surface area (Å²) in [6.45, 7) is -0.416. The maximum atomic E-state index is 11.9. The zero-order chi connectivity index (χ0) is 11.3. The lowest BCUT2D eigenvalue weighted by Gasteiger charge is -2.10. The Morgan fingerprint density at radius 3 is 2.87 bits per heavy atom. The molecule has 1 aromatic heterocycles. The number of aliphatic hydroxyl groups is 1. The van der Waals surface area contributed by atoms with Gasteiger partial charge in [-0.05, 0) is 22.4 Å². The molecule has 0 aliphatic heterocycles. The van der Waals surface area contributed by atoms with Crippen LogP contribution in [0.3, 0.4) is 0 Å². The Labute approximate surface area is 89.7 Å². The van der Waals surface area contributed by atoms with Gasteiger partial charge in [0.1, 0.15) is 6.10 Å². The lowest BCUT2D eigenvalue weighted by Crippen LogP contribution is -2.36. The van der Waals surface area contributed by atoms with Gasteiger partial charge in [0, 0.05) is 6.54 Å². The highest BCUT2D eigenvalue weighted by molar-refractivity contribution is 7.07. The molecular weight excluding hydrogens is 224 g/mol. The van der Waals surface area contributed by atoms with E-state index in [2.05, 4.69) is 5.32 Å². The van der Waals surface area contributed by atoms with Crippen LogP contribution < -0.4 is 5.32 Å². The van der Waals surface area contributed by atoms with E-state index in [1.54, 1.807) is 6.07 Å². The van der Waals surface area contributed by atoms with Crippen LogP contribution in [0.1, 0.15) is 5.56 Å². The summed E-state index contributed by atoms with van der Waals surface area (Å²) in [6.07, 6.45) is -4.47. The predicted molar refractivity (Wildman–Crippen MR) is 53.0 cm³/mol. The Morgan fingerprint density at radius 2 is 2.33 bits per heavy atom. The lowest BCUT2D eigenvalue weighted by molar-refractivity contribution is -0.121. The molecule has 0 aliphatic carbocycles. The fourth-order valence-corrected chi connectivity index (χ4v) is 1.62. The van der Waals surface area contributed by atoms with Gasteiger partial charge in [0.2, 0.25) is 5.91 Å². The fourth-order valence-electron chi connectivity index (χ4n) is 0.949. The molecule has 0 fully saturated rings. The Balaban J connectivity index is 2.25. The molecular formula is C9H11F2NO2S. The summed E-state index contributed by atoms with van der Waals surface area (Å²) < 4.78 is 23.7. The summed E-state index contributed by atoms with van der Waals surface area (Å²) in [4.78, 5) is 11.2. The van der Waals surface area contributed by atoms with Gasteiger partial charge >= 0.3 is 0 Å². The minimum Gasteiger partial charge on any atom is -0.385 e. The smallest absolute Gasteiger partial charge is 0.265 e. The molecule has 15 heavy (non-hydrogen) atoms. The number of carbonyl (C=O) groups excluding carboxylic acids is 1. The van der Waals surface area contributed by atoms with Gasteiger partial charge in [0.15, 0.2) is 0 Å². The number of rotatable bonds is 5. The Hall–Kier alpha value is -1.01. The molecule has 1 heterocycles. The molecule has 6 heteroatoms. The number of thiophene rings is 1. The summed E-state index contributed by atoms with van der Waals surface area (Å²) in [7, 11) is 0. The number of alkyl halides is 2. The van der Waals surface area contributed by atoms with E-state index in [1.807, 2.05) is 10.8 Å². The number of hydrogen-bond acceptors (Lipinski definition) is 3. The maximum Gasteiger partial charge on any atom is 0.265 e. The van der Waals surface area contributed by atoms with Crippen molar-refractivity contribution in [2.45, 2.75) is 19.0 Å². The van der Waals surface area contributed by atoms with E-state index < -0.39 is 19.1 Å². The first-order valence-corrected chi connectivity index (χ1v) is 5.28. The van der Waals surface area contributed by atoms with Crippen LogP contribution in [0, 0.1) is 0 Å². The third-order valence-electron chi connectivity index (χ3n) is 1.74. The Morgan fingerprint density at radius 1 is 1.60 bits per heavy atom. The molecule has 0 aliphatic rings. The summed E-state index contributed by atoms with van der Waals surface area (Å²) in [5.74, 6) is -0.367. The van der Waals surface area contributed by atoms with Crippen molar-refractivity contribution in [1.82, 2.24) is 5.32 Å². The highest BCUT2D eigenvalue weighted by Gasteiger charge is 2.17. The van der Waals surface area contributed by atoms with Gasteiger partial charge in [-0.15, -0.1) is 0 Å². The van der Waals surface area contributed by atoms with E-state index in [-0.39, 0.29) is 12.3 Å². The molecule has 1 unspecified atom stereocenters. The van der Waals surface area contributed by atoms with Crippen molar-refractivity contribution in [1.29, 1.82) is 0 Å². The minimum absolute atomic E-state index is 0.152. The van der Waals surface area contributed by atoms with Gasteiger partial charge in [0.05, 0.1) is 6.42 Å². The quantitative estimate of drug-likeness (QED) is 0.801. The van der Waals surface area contributed by atoms with Crippen molar-refractivity contribution < 1.29 is 18.7 Å². The van der Waals surface area contributed by atoms with E-state index in [0.717, 1.165) is 5.56 Å². The number of hydrogen-bond donors (Lipinski definition) is 2. The highest BCUT2D eigenvalue weighted by Crippen LogP contribution is 2.06. The minimum atomic E-state index is -2.83. The van der Waals surface area contributed by atoms with E-state index in [1.165, 1.54) is 11.3 Å². The molecule has 1 amide bonds. The summed E-state index contributed by atoms with van der Waals surface area (Å²) >= 11 is 1.46. The van der Waals surface area contributed by atoms with Crippen molar-refractivity contribution in [3.05, 3.63) is 22.4 Å². The average Bonchev–Trinajstić information content (AvgIpc) is 2.66. The van der Waals surface area contributed by atoms with E-state index in [4.69, 9.17) is 5.11 Å². The molecule has 84 valence electrons. The summed E-state index contributed by atoms with van der Waals surface area (Å²) in [6, 6.07) is 1.79. The second-order valence-corrected chi connectivity index (χ2v) is 3.79. The first-order chi connectivity index (χ1) is 7.09. The Bertz CT molecular complexity index is 303. The number of carbonyl (C=O) groups is 1. The van der Waals surface area contributed by atoms with Gasteiger partial charge in [0.25, 0.3) is 6.43 Å². The number of aliphatic hydroxyl groups excluding tert-OH is 1. The van der Waals surface area contributed by atoms with Gasteiger partial charge in [-0.1, -0.05) is 0 Å². The molecule has 3 nitrogen and oxygen atoms in total. The van der Waals surface area contributed by atoms with Crippen LogP contribution in [-0.2, 0) is 11.2 Å². The molecule has 0 saturated heterocycles. The standard InChI is InChI=1S/C9H11F2NO2S/c10-9(11)7(13)4-12-8(14)3-6-1-2-15-5-6/h1-2,5,7,9,13H,3-4H2,(H,12,14). The number of halogens is 2. The predicted octanol–water partition coefficient (Wildman–Crippen LogP) is 1.03. The van der Waals surface area contributed by atoms with Crippen LogP contribution in [0.2, 0.25) is 0 Å². The number of amides is 1. The van der Waals surface area contributed by atoms with E-state index >= 15 is 0 Å². The van der Waals surface area contributed by atoms with Crippen LogP contribution in [0.4, 0.5) is 8.78 Å². The van der Waals surface area contributed by atoms with Gasteiger partial charge in [-0.2, -0.15) is 11.3 Å².